The Morgan fingerprint density at radius 1 is 0.388 bits per heavy atom. The third kappa shape index (κ3) is 18.2. The molecule has 0 atom stereocenters. The van der Waals surface area contributed by atoms with Crippen LogP contribution in [0.1, 0.15) is 66.6 Å². The zero-order valence-corrected chi connectivity index (χ0v) is 64.6. The van der Waals surface area contributed by atoms with Gasteiger partial charge in [0.15, 0.2) is 5.78 Å². The van der Waals surface area contributed by atoms with E-state index in [9.17, 15) is 4.79 Å². The quantitative estimate of drug-likeness (QED) is 0.0923. The van der Waals surface area contributed by atoms with E-state index in [2.05, 4.69) is 182 Å². The van der Waals surface area contributed by atoms with E-state index in [0.717, 1.165) is 101 Å². The molecular weight excluding hydrogens is 1920 g/mol. The van der Waals surface area contributed by atoms with Crippen molar-refractivity contribution >= 4 is 49.8 Å². The number of fused-ring (bicyclic) bond motifs is 4. The monoisotopic (exact) mass is 2000 g/mol. The number of aromatic nitrogens is 7. The van der Waals surface area contributed by atoms with Gasteiger partial charge in [0.25, 0.3) is 0 Å². The van der Waals surface area contributed by atoms with Gasteiger partial charge in [-0.3, -0.25) is 24.7 Å². The van der Waals surface area contributed by atoms with Crippen molar-refractivity contribution in [1.29, 1.82) is 0 Å². The van der Waals surface area contributed by atoms with Gasteiger partial charge < -0.3 is 18.8 Å². The summed E-state index contributed by atoms with van der Waals surface area (Å²) < 4.78 is 52.1. The van der Waals surface area contributed by atoms with Crippen LogP contribution in [0.2, 0.25) is 0 Å². The van der Waals surface area contributed by atoms with Gasteiger partial charge >= 0.3 is 0 Å². The molecule has 9 nitrogen and oxygen atoms in total. The molecular formula is C85H73Ir4N7O2-4. The van der Waals surface area contributed by atoms with Gasteiger partial charge in [-0.2, -0.15) is 0 Å². The first-order valence-corrected chi connectivity index (χ1v) is 30.9. The number of aliphatic hydroxyl groups is 1. The summed E-state index contributed by atoms with van der Waals surface area (Å²) in [7, 11) is 0. The minimum Gasteiger partial charge on any atom is -0.512 e. The topological polar surface area (TPSA) is 104 Å². The number of ketones is 1. The maximum absolute atomic E-state index is 10.0. The van der Waals surface area contributed by atoms with E-state index in [1.54, 1.807) is 30.3 Å². The Hall–Kier alpha value is -8.95. The first kappa shape index (κ1) is 67.6. The fourth-order valence-electron chi connectivity index (χ4n) is 11.3. The van der Waals surface area contributed by atoms with Crippen LogP contribution in [0, 0.1) is 79.5 Å². The summed E-state index contributed by atoms with van der Waals surface area (Å²) in [6.07, 6.45) is 1.17. The van der Waals surface area contributed by atoms with Crippen molar-refractivity contribution in [2.24, 2.45) is 0 Å². The van der Waals surface area contributed by atoms with E-state index in [4.69, 9.17) is 28.3 Å². The van der Waals surface area contributed by atoms with Gasteiger partial charge in [-0.1, -0.05) is 97.1 Å². The minimum absolute atomic E-state index is 0. The molecule has 0 spiro atoms. The number of aryl methyl sites for hydroxylation is 8. The van der Waals surface area contributed by atoms with Crippen LogP contribution in [0.5, 0.6) is 0 Å². The normalized spacial score (nSPS) is 11.7. The molecule has 0 aliphatic rings. The number of aliphatic hydroxyl groups excluding tert-OH is 1. The van der Waals surface area contributed by atoms with Crippen molar-refractivity contribution in [3.8, 4) is 62.5 Å². The number of hydrogen-bond donors (Lipinski definition) is 1. The van der Waals surface area contributed by atoms with Gasteiger partial charge in [0, 0.05) is 112 Å². The molecule has 11 aromatic carbocycles. The maximum Gasteiger partial charge on any atom is 0.155 e. The Kier molecular flexibility index (Phi) is 24.5. The predicted octanol–water partition coefficient (Wildman–Crippen LogP) is 20.7. The number of carbonyl (C=O) groups is 1. The largest absolute Gasteiger partial charge is 0.512 e. The molecule has 13 heteroatoms. The number of nitrogens with zero attached hydrogens (tertiary/aromatic N) is 7. The minimum atomic E-state index is -2.16. The van der Waals surface area contributed by atoms with Gasteiger partial charge in [0.2, 0.25) is 0 Å². The van der Waals surface area contributed by atoms with Crippen LogP contribution in [0.25, 0.3) is 106 Å². The number of rotatable bonds is 8. The first-order chi connectivity index (χ1) is 48.0. The van der Waals surface area contributed by atoms with Crippen LogP contribution in [-0.4, -0.2) is 44.5 Å². The molecule has 0 unspecified atom stereocenters. The third-order valence-electron chi connectivity index (χ3n) is 15.6. The number of hydrogen-bond acceptors (Lipinski definition) is 6. The van der Waals surface area contributed by atoms with Crippen molar-refractivity contribution < 1.29 is 98.5 Å². The van der Waals surface area contributed by atoms with E-state index >= 15 is 0 Å². The van der Waals surface area contributed by atoms with Gasteiger partial charge in [-0.15, -0.1) is 144 Å². The summed E-state index contributed by atoms with van der Waals surface area (Å²) in [6, 6.07) is 94.1. The van der Waals surface area contributed by atoms with Gasteiger partial charge in [0.05, 0.1) is 61.8 Å². The van der Waals surface area contributed by atoms with Gasteiger partial charge in [0.1, 0.15) is 0 Å². The predicted molar refractivity (Wildman–Crippen MR) is 387 cm³/mol. The summed E-state index contributed by atoms with van der Waals surface area (Å²) in [6.45, 7) is 11.3. The maximum atomic E-state index is 10.0. The molecule has 0 aliphatic heterocycles. The fourth-order valence-corrected chi connectivity index (χ4v) is 11.3. The number of allylic oxidation sites excluding steroid dienone is 2. The summed E-state index contributed by atoms with van der Waals surface area (Å²) >= 11 is 0. The van der Waals surface area contributed by atoms with Crippen LogP contribution < -0.4 is 0 Å². The van der Waals surface area contributed by atoms with Gasteiger partial charge in [-0.25, -0.2) is 0 Å². The molecule has 98 heavy (non-hydrogen) atoms. The Labute approximate surface area is 637 Å². The standard InChI is InChI=1S/2C22H19N2.C20H15N2.C16H12N.C5H8O2.4Ir/c1-15-12-13-20-19(14-15)23-22(18-10-5-4-6-11-18)24(20)21-16(2)8-7-9-17(21)3;1-15-12-13-19-20(14-15)24(21-16(2)8-7-9-17(21)3)22(23-19)18-10-5-4-6-11-18;1-15-12-13-18-19(14-15)22(17-10-6-3-7-11-17)20(21-18)16-8-4-2-5-9-16;1-12-7-8-14-9-10-15(17-16(14)11-12)13-5-3-2-4-6-13;1-4(6)3-5(2)7;;;;/h2*4-10,12-14H,1-3H3;2-8,10-14H,1H3;2-5,7-11H,1H3;3,6H,1-2H3;;;;/q4*-1;;;;;/i1D3;;;1D3;;;;;. The molecule has 0 saturated carbocycles. The smallest absolute Gasteiger partial charge is 0.155 e. The molecule has 0 saturated heterocycles. The Balaban J connectivity index is 0.000000186. The van der Waals surface area contributed by atoms with Crippen molar-refractivity contribution in [3.63, 3.8) is 0 Å². The second-order valence-corrected chi connectivity index (χ2v) is 22.9. The number of benzene rings is 11. The fraction of sp³-hybridized carbons (Fsp3) is 0.118. The Morgan fingerprint density at radius 2 is 0.786 bits per heavy atom. The molecule has 0 aliphatic carbocycles. The second kappa shape index (κ2) is 35.5. The van der Waals surface area contributed by atoms with E-state index in [1.807, 2.05) is 121 Å². The summed E-state index contributed by atoms with van der Waals surface area (Å²) in [5.74, 6) is 2.55. The SMILES string of the molecule is CC(=O)C=C(C)O.Cc1ccc2nc(-c3[c-]cccc3)n(-c3c(C)cccc3C)c2c1.Cc1ccc2nc(-c3[c-]cccc3)n(-c3ccccc3)c2c1.[2H]C([2H])([2H])c1ccc2c(c1)nc(-c1[c-]cccc1)n2-c1c(C)cccc1C.[2H]C([2H])([2H])c1ccc2ccc(-c3[c-]cccc3)nc2c1.[Ir].[Ir].[Ir].[Ir]. The summed E-state index contributed by atoms with van der Waals surface area (Å²) in [5.41, 5.74) is 22.3. The summed E-state index contributed by atoms with van der Waals surface area (Å²) in [4.78, 5) is 29.1. The van der Waals surface area contributed by atoms with E-state index in [0.29, 0.717) is 22.2 Å². The van der Waals surface area contributed by atoms with Crippen LogP contribution in [0.4, 0.5) is 0 Å². The Morgan fingerprint density at radius 3 is 1.22 bits per heavy atom. The third-order valence-corrected chi connectivity index (χ3v) is 15.6. The molecule has 500 valence electrons. The number of carbonyl (C=O) groups excluding carboxylic acids is 1. The molecule has 15 aromatic rings. The van der Waals surface area contributed by atoms with Gasteiger partial charge in [-0.05, 0) is 179 Å². The van der Waals surface area contributed by atoms with Crippen molar-refractivity contribution in [2.75, 3.05) is 0 Å². The van der Waals surface area contributed by atoms with Crippen LogP contribution in [0.15, 0.2) is 261 Å². The van der Waals surface area contributed by atoms with Crippen molar-refractivity contribution in [2.45, 2.75) is 69.1 Å². The molecule has 1 N–H and O–H groups in total. The zero-order valence-electron chi connectivity index (χ0n) is 61.1. The molecule has 0 fully saturated rings. The number of pyridine rings is 1. The zero-order chi connectivity index (χ0) is 70.8. The van der Waals surface area contributed by atoms with Crippen LogP contribution in [-0.2, 0) is 85.2 Å². The van der Waals surface area contributed by atoms with Crippen LogP contribution in [0.3, 0.4) is 0 Å². The number of imidazole rings is 3. The van der Waals surface area contributed by atoms with Crippen molar-refractivity contribution in [1.82, 2.24) is 33.6 Å². The average Bonchev–Trinajstić information content (AvgIpc) is 1.61. The second-order valence-electron chi connectivity index (χ2n) is 22.9. The average molecular weight is 2000 g/mol. The number of para-hydroxylation sites is 3. The molecule has 15 rings (SSSR count). The van der Waals surface area contributed by atoms with E-state index in [1.165, 1.54) is 47.9 Å². The first-order valence-electron chi connectivity index (χ1n) is 33.9. The Bertz CT molecular complexity index is 5370. The molecule has 0 amide bonds. The molecule has 4 heterocycles. The molecule has 4 aromatic heterocycles. The molecule has 4 radical (unpaired) electrons. The van der Waals surface area contributed by atoms with E-state index in [-0.39, 0.29) is 92.0 Å². The van der Waals surface area contributed by atoms with E-state index < -0.39 is 13.7 Å². The van der Waals surface area contributed by atoms with Crippen molar-refractivity contribution in [3.05, 3.63) is 329 Å². The molecule has 0 bridgehead atoms. The van der Waals surface area contributed by atoms with Crippen LogP contribution >= 0.6 is 0 Å². The summed E-state index contributed by atoms with van der Waals surface area (Å²) in [5, 5.41) is 9.29.